The number of aryl methyl sites for hydroxylation is 1. The minimum atomic E-state index is -0.581. The Balaban J connectivity index is 1.24. The summed E-state index contributed by atoms with van der Waals surface area (Å²) in [5, 5.41) is 13.6. The molecule has 6 rings (SSSR count). The van der Waals surface area contributed by atoms with Crippen LogP contribution >= 0.6 is 11.3 Å². The molecule has 192 valence electrons. The molecule has 5 nitrogen and oxygen atoms in total. The Kier molecular flexibility index (Phi) is 6.85. The molecule has 2 amide bonds. The van der Waals surface area contributed by atoms with Crippen molar-refractivity contribution < 1.29 is 14.7 Å². The molecule has 0 bridgehead atoms. The second kappa shape index (κ2) is 10.6. The average Bonchev–Trinajstić information content (AvgIpc) is 3.47. The van der Waals surface area contributed by atoms with Gasteiger partial charge < -0.3 is 10.1 Å². The molecule has 2 aliphatic rings. The summed E-state index contributed by atoms with van der Waals surface area (Å²) in [5.41, 5.74) is 11.4. The standard InChI is InChI=1S/C32H30N2O3S/c1-37-18-17-33-32(35)34(36)25-7-4-6-23(20-25)30-15-16-31(38-30)24-11-12-27-22(19-24)10-14-28-26-8-3-2-5-21(26)9-13-29(27)28/h2-8,10,14-16,19-20,36H,9,11-13,17-18H2,1H3,(H,33,35). The van der Waals surface area contributed by atoms with Crippen LogP contribution in [0.2, 0.25) is 0 Å². The van der Waals surface area contributed by atoms with Gasteiger partial charge in [-0.3, -0.25) is 5.21 Å². The number of carbonyl (C=O) groups is 1. The van der Waals surface area contributed by atoms with Gasteiger partial charge in [-0.25, -0.2) is 4.79 Å². The fraction of sp³-hybridized carbons (Fsp3) is 0.219. The number of allylic oxidation sites excluding steroid dienone is 1. The maximum absolute atomic E-state index is 12.2. The summed E-state index contributed by atoms with van der Waals surface area (Å²) in [6.07, 6.45) is 6.68. The van der Waals surface area contributed by atoms with Gasteiger partial charge in [0, 0.05) is 23.4 Å². The second-order valence-corrected chi connectivity index (χ2v) is 10.8. The van der Waals surface area contributed by atoms with Crippen LogP contribution < -0.4 is 10.4 Å². The van der Waals surface area contributed by atoms with Gasteiger partial charge in [0.25, 0.3) is 0 Å². The molecule has 0 unspecified atom stereocenters. The summed E-state index contributed by atoms with van der Waals surface area (Å²) in [6.45, 7) is 0.711. The lowest BCUT2D eigenvalue weighted by Gasteiger charge is -2.26. The first-order valence-electron chi connectivity index (χ1n) is 13.0. The largest absolute Gasteiger partial charge is 0.383 e. The Morgan fingerprint density at radius 2 is 1.76 bits per heavy atom. The van der Waals surface area contributed by atoms with Crippen molar-refractivity contribution >= 4 is 34.7 Å². The molecule has 1 heterocycles. The predicted octanol–water partition coefficient (Wildman–Crippen LogP) is 7.22. The number of fused-ring (bicyclic) bond motifs is 5. The van der Waals surface area contributed by atoms with Gasteiger partial charge in [-0.15, -0.1) is 11.3 Å². The molecule has 0 saturated heterocycles. The molecule has 4 aromatic rings. The van der Waals surface area contributed by atoms with Crippen LogP contribution in [-0.2, 0) is 24.0 Å². The van der Waals surface area contributed by atoms with Gasteiger partial charge >= 0.3 is 6.03 Å². The fourth-order valence-electron chi connectivity index (χ4n) is 5.56. The second-order valence-electron chi connectivity index (χ2n) is 9.74. The van der Waals surface area contributed by atoms with E-state index in [1.807, 2.05) is 18.2 Å². The van der Waals surface area contributed by atoms with E-state index in [0.29, 0.717) is 23.9 Å². The van der Waals surface area contributed by atoms with Gasteiger partial charge in [0.1, 0.15) is 0 Å². The number of urea groups is 1. The molecule has 0 radical (unpaired) electrons. The Morgan fingerprint density at radius 3 is 2.66 bits per heavy atom. The summed E-state index contributed by atoms with van der Waals surface area (Å²) >= 11 is 1.75. The molecule has 0 fully saturated rings. The van der Waals surface area contributed by atoms with Crippen LogP contribution in [0.3, 0.4) is 0 Å². The monoisotopic (exact) mass is 522 g/mol. The van der Waals surface area contributed by atoms with Crippen LogP contribution in [0.5, 0.6) is 0 Å². The molecule has 2 N–H and O–H groups in total. The van der Waals surface area contributed by atoms with Crippen molar-refractivity contribution in [3.63, 3.8) is 0 Å². The smallest absolute Gasteiger partial charge is 0.346 e. The fourth-order valence-corrected chi connectivity index (χ4v) is 6.61. The molecule has 0 saturated carbocycles. The number of methoxy groups -OCH3 is 1. The highest BCUT2D eigenvalue weighted by molar-refractivity contribution is 7.16. The Bertz CT molecular complexity index is 1540. The number of nitrogens with zero attached hydrogens (tertiary/aromatic N) is 1. The molecular formula is C32H30N2O3S. The third kappa shape index (κ3) is 4.67. The topological polar surface area (TPSA) is 61.8 Å². The van der Waals surface area contributed by atoms with Crippen LogP contribution in [0.1, 0.15) is 33.6 Å². The molecule has 3 aromatic carbocycles. The number of anilines is 1. The number of thiophene rings is 1. The number of nitrogens with one attached hydrogen (secondary N) is 1. The summed E-state index contributed by atoms with van der Waals surface area (Å²) in [7, 11) is 1.57. The van der Waals surface area contributed by atoms with Crippen molar-refractivity contribution in [1.29, 1.82) is 0 Å². The zero-order chi connectivity index (χ0) is 26.1. The van der Waals surface area contributed by atoms with Gasteiger partial charge in [-0.1, -0.05) is 54.6 Å². The normalized spacial score (nSPS) is 13.7. The van der Waals surface area contributed by atoms with E-state index in [2.05, 4.69) is 59.9 Å². The highest BCUT2D eigenvalue weighted by Gasteiger charge is 2.23. The lowest BCUT2D eigenvalue weighted by atomic mass is 9.78. The molecule has 1 aromatic heterocycles. The maximum Gasteiger partial charge on any atom is 0.346 e. The zero-order valence-electron chi connectivity index (χ0n) is 21.4. The Hall–Kier alpha value is -3.71. The van der Waals surface area contributed by atoms with Crippen LogP contribution in [0.4, 0.5) is 10.5 Å². The Labute approximate surface area is 227 Å². The van der Waals surface area contributed by atoms with E-state index in [0.717, 1.165) is 36.1 Å². The van der Waals surface area contributed by atoms with Crippen molar-refractivity contribution in [3.8, 4) is 21.6 Å². The molecule has 0 atom stereocenters. The zero-order valence-corrected chi connectivity index (χ0v) is 22.2. The van der Waals surface area contributed by atoms with Crippen LogP contribution in [0.15, 0.2) is 72.8 Å². The number of hydrogen-bond acceptors (Lipinski definition) is 4. The molecule has 38 heavy (non-hydrogen) atoms. The van der Waals surface area contributed by atoms with E-state index >= 15 is 0 Å². The number of rotatable bonds is 6. The number of ether oxygens (including phenoxy) is 1. The van der Waals surface area contributed by atoms with Crippen LogP contribution in [-0.4, -0.2) is 31.5 Å². The van der Waals surface area contributed by atoms with Gasteiger partial charge in [-0.2, -0.15) is 5.06 Å². The van der Waals surface area contributed by atoms with E-state index in [4.69, 9.17) is 4.74 Å². The highest BCUT2D eigenvalue weighted by Crippen LogP contribution is 2.42. The summed E-state index contributed by atoms with van der Waals surface area (Å²) in [6, 6.07) is 24.5. The van der Waals surface area contributed by atoms with E-state index in [1.165, 1.54) is 43.8 Å². The molecule has 6 heteroatoms. The van der Waals surface area contributed by atoms with E-state index in [9.17, 15) is 10.0 Å². The molecule has 0 spiro atoms. The first-order valence-corrected chi connectivity index (χ1v) is 13.8. The quantitative estimate of drug-likeness (QED) is 0.160. The number of hydroxylamine groups is 1. The first-order chi connectivity index (χ1) is 18.6. The lowest BCUT2D eigenvalue weighted by molar-refractivity contribution is 0.185. The van der Waals surface area contributed by atoms with Crippen molar-refractivity contribution in [3.05, 3.63) is 99.9 Å². The number of hydrogen-bond donors (Lipinski definition) is 2. The lowest BCUT2D eigenvalue weighted by Crippen LogP contribution is -2.39. The van der Waals surface area contributed by atoms with Gasteiger partial charge in [0.15, 0.2) is 0 Å². The third-order valence-corrected chi connectivity index (χ3v) is 8.68. The number of carbonyl (C=O) groups excluding carboxylic acids is 1. The van der Waals surface area contributed by atoms with E-state index in [1.54, 1.807) is 24.5 Å². The van der Waals surface area contributed by atoms with Crippen LogP contribution in [0.25, 0.3) is 33.2 Å². The van der Waals surface area contributed by atoms with Crippen molar-refractivity contribution in [1.82, 2.24) is 5.32 Å². The van der Waals surface area contributed by atoms with Gasteiger partial charge in [-0.05, 0) is 94.5 Å². The van der Waals surface area contributed by atoms with Crippen molar-refractivity contribution in [2.45, 2.75) is 25.7 Å². The number of amides is 2. The van der Waals surface area contributed by atoms with E-state index < -0.39 is 6.03 Å². The highest BCUT2D eigenvalue weighted by atomic mass is 32.1. The third-order valence-electron chi connectivity index (χ3n) is 7.47. The average molecular weight is 523 g/mol. The predicted molar refractivity (Wildman–Crippen MR) is 155 cm³/mol. The summed E-state index contributed by atoms with van der Waals surface area (Å²) in [5.74, 6) is 0. The molecule has 2 aliphatic carbocycles. The van der Waals surface area contributed by atoms with Crippen molar-refractivity contribution in [2.75, 3.05) is 25.3 Å². The SMILES string of the molecule is COCCNC(=O)N(O)c1cccc(-c2ccc(C3=Cc4ccc5c(c4CC3)CCc3ccccc3-5)s2)c1. The molecular weight excluding hydrogens is 492 g/mol. The number of benzene rings is 3. The van der Waals surface area contributed by atoms with Crippen molar-refractivity contribution in [2.24, 2.45) is 0 Å². The minimum Gasteiger partial charge on any atom is -0.383 e. The van der Waals surface area contributed by atoms with Crippen LogP contribution in [0, 0.1) is 0 Å². The summed E-state index contributed by atoms with van der Waals surface area (Å²) < 4.78 is 4.95. The van der Waals surface area contributed by atoms with Gasteiger partial charge in [0.2, 0.25) is 0 Å². The first kappa shape index (κ1) is 24.6. The molecule has 0 aliphatic heterocycles. The van der Waals surface area contributed by atoms with E-state index in [-0.39, 0.29) is 0 Å². The summed E-state index contributed by atoms with van der Waals surface area (Å²) in [4.78, 5) is 14.6. The maximum atomic E-state index is 12.2. The minimum absolute atomic E-state index is 0.328. The van der Waals surface area contributed by atoms with Gasteiger partial charge in [0.05, 0.1) is 12.3 Å². The Morgan fingerprint density at radius 1 is 0.921 bits per heavy atom.